The number of aromatic nitrogens is 1. The number of halogens is 1. The number of morpholine rings is 1. The number of amides is 1. The van der Waals surface area contributed by atoms with Crippen LogP contribution in [0.2, 0.25) is 5.02 Å². The van der Waals surface area contributed by atoms with Gasteiger partial charge < -0.3 is 14.1 Å². The van der Waals surface area contributed by atoms with Gasteiger partial charge in [-0.3, -0.25) is 14.6 Å². The highest BCUT2D eigenvalue weighted by molar-refractivity contribution is 6.35. The van der Waals surface area contributed by atoms with E-state index in [0.29, 0.717) is 61.1 Å². The van der Waals surface area contributed by atoms with Gasteiger partial charge in [0.2, 0.25) is 0 Å². The molecule has 0 N–H and O–H groups in total. The molecule has 36 heavy (non-hydrogen) atoms. The number of hydrogen-bond donors (Lipinski definition) is 0. The van der Waals surface area contributed by atoms with Gasteiger partial charge in [-0.15, -0.1) is 0 Å². The Balaban J connectivity index is 1.27. The van der Waals surface area contributed by atoms with Gasteiger partial charge in [-0.2, -0.15) is 0 Å². The molecule has 0 bridgehead atoms. The van der Waals surface area contributed by atoms with Gasteiger partial charge in [-0.1, -0.05) is 29.8 Å². The van der Waals surface area contributed by atoms with Crippen LogP contribution in [0.5, 0.6) is 0 Å². The number of carbonyl (C=O) groups is 2. The molecule has 0 atom stereocenters. The van der Waals surface area contributed by atoms with Crippen LogP contribution in [0.25, 0.3) is 28.2 Å². The van der Waals surface area contributed by atoms with E-state index in [1.807, 2.05) is 59.5 Å². The number of benzene rings is 2. The molecule has 7 heteroatoms. The summed E-state index contributed by atoms with van der Waals surface area (Å²) in [6.45, 7) is 2.38. The first-order chi connectivity index (χ1) is 17.6. The Kier molecular flexibility index (Phi) is 7.26. The summed E-state index contributed by atoms with van der Waals surface area (Å²) < 4.78 is 11.3. The van der Waals surface area contributed by atoms with Crippen molar-refractivity contribution in [2.75, 3.05) is 26.3 Å². The third-order valence-corrected chi connectivity index (χ3v) is 6.43. The predicted octanol–water partition coefficient (Wildman–Crippen LogP) is 5.84. The maximum atomic E-state index is 12.7. The molecule has 5 rings (SSSR count). The van der Waals surface area contributed by atoms with Crippen molar-refractivity contribution in [3.63, 3.8) is 0 Å². The van der Waals surface area contributed by atoms with Crippen molar-refractivity contribution >= 4 is 40.3 Å². The minimum atomic E-state index is 0.0119. The standard InChI is InChI=1S/C29H25ClN2O4/c30-27-18-23(21-4-6-22(7-5-21)29(34)32-12-14-35-15-13-32)16-24-17-26(36-28(24)27)10-9-25(33)8-3-20-2-1-11-31-19-20/h1-8,11,16-19H,9-10,12-15H2/b8-3+. The number of ketones is 1. The van der Waals surface area contributed by atoms with E-state index >= 15 is 0 Å². The Bertz CT molecular complexity index is 1400. The molecule has 0 spiro atoms. The highest BCUT2D eigenvalue weighted by Gasteiger charge is 2.18. The molecule has 182 valence electrons. The van der Waals surface area contributed by atoms with Crippen molar-refractivity contribution < 1.29 is 18.7 Å². The molecule has 1 amide bonds. The molecule has 4 aromatic rings. The smallest absolute Gasteiger partial charge is 0.254 e. The van der Waals surface area contributed by atoms with Crippen molar-refractivity contribution in [2.45, 2.75) is 12.8 Å². The molecular formula is C29H25ClN2O4. The maximum absolute atomic E-state index is 12.7. The Hall–Kier alpha value is -3.74. The fourth-order valence-corrected chi connectivity index (χ4v) is 4.47. The van der Waals surface area contributed by atoms with E-state index in [9.17, 15) is 9.59 Å². The summed E-state index contributed by atoms with van der Waals surface area (Å²) in [5.74, 6) is 0.735. The molecule has 0 unspecified atom stereocenters. The number of ether oxygens (including phenoxy) is 1. The molecule has 1 aliphatic rings. The van der Waals surface area contributed by atoms with E-state index in [4.69, 9.17) is 20.8 Å². The molecule has 1 aliphatic heterocycles. The zero-order valence-corrected chi connectivity index (χ0v) is 20.4. The lowest BCUT2D eigenvalue weighted by molar-refractivity contribution is -0.114. The lowest BCUT2D eigenvalue weighted by atomic mass is 10.0. The molecule has 2 aromatic heterocycles. The first-order valence-corrected chi connectivity index (χ1v) is 12.2. The van der Waals surface area contributed by atoms with E-state index in [-0.39, 0.29) is 11.7 Å². The van der Waals surface area contributed by atoms with Crippen LogP contribution in [0.3, 0.4) is 0 Å². The first kappa shape index (κ1) is 24.0. The summed E-state index contributed by atoms with van der Waals surface area (Å²) in [4.78, 5) is 30.8. The van der Waals surface area contributed by atoms with Crippen LogP contribution in [0, 0.1) is 0 Å². The van der Waals surface area contributed by atoms with Gasteiger partial charge in [0.25, 0.3) is 5.91 Å². The topological polar surface area (TPSA) is 72.6 Å². The van der Waals surface area contributed by atoms with Gasteiger partial charge in [0, 0.05) is 49.3 Å². The minimum Gasteiger partial charge on any atom is -0.459 e. The lowest BCUT2D eigenvalue weighted by Gasteiger charge is -2.26. The van der Waals surface area contributed by atoms with Crippen LogP contribution in [0.4, 0.5) is 0 Å². The highest BCUT2D eigenvalue weighted by atomic mass is 35.5. The number of hydrogen-bond acceptors (Lipinski definition) is 5. The van der Waals surface area contributed by atoms with Crippen molar-refractivity contribution in [2.24, 2.45) is 0 Å². The van der Waals surface area contributed by atoms with E-state index in [1.54, 1.807) is 24.5 Å². The Morgan fingerprint density at radius 1 is 1.03 bits per heavy atom. The van der Waals surface area contributed by atoms with Crippen molar-refractivity contribution in [3.05, 3.63) is 95.0 Å². The molecule has 0 radical (unpaired) electrons. The summed E-state index contributed by atoms with van der Waals surface area (Å²) in [6, 6.07) is 17.1. The van der Waals surface area contributed by atoms with E-state index < -0.39 is 0 Å². The number of furan rings is 1. The fraction of sp³-hybridized carbons (Fsp3) is 0.207. The third kappa shape index (κ3) is 5.56. The number of nitrogens with zero attached hydrogens (tertiary/aromatic N) is 2. The monoisotopic (exact) mass is 500 g/mol. The minimum absolute atomic E-state index is 0.0119. The number of carbonyl (C=O) groups excluding carboxylic acids is 2. The number of aryl methyl sites for hydroxylation is 1. The van der Waals surface area contributed by atoms with Gasteiger partial charge in [0.1, 0.15) is 5.76 Å². The second kappa shape index (κ2) is 10.9. The summed E-state index contributed by atoms with van der Waals surface area (Å²) in [5, 5.41) is 1.38. The summed E-state index contributed by atoms with van der Waals surface area (Å²) in [5.41, 5.74) is 4.03. The second-order valence-electron chi connectivity index (χ2n) is 8.66. The molecule has 1 fully saturated rings. The lowest BCUT2D eigenvalue weighted by Crippen LogP contribution is -2.40. The highest BCUT2D eigenvalue weighted by Crippen LogP contribution is 2.33. The maximum Gasteiger partial charge on any atom is 0.254 e. The number of fused-ring (bicyclic) bond motifs is 1. The quantitative estimate of drug-likeness (QED) is 0.298. The SMILES string of the molecule is O=C(/C=C/c1cccnc1)CCc1cc2cc(-c3ccc(C(=O)N4CCOCC4)cc3)cc(Cl)c2o1. The Morgan fingerprint density at radius 2 is 1.83 bits per heavy atom. The van der Waals surface area contributed by atoms with Gasteiger partial charge in [-0.05, 0) is 65.2 Å². The van der Waals surface area contributed by atoms with E-state index in [1.165, 1.54) is 0 Å². The molecule has 2 aromatic carbocycles. The third-order valence-electron chi connectivity index (χ3n) is 6.15. The van der Waals surface area contributed by atoms with Crippen LogP contribution < -0.4 is 0 Å². The summed E-state index contributed by atoms with van der Waals surface area (Å²) in [7, 11) is 0. The van der Waals surface area contributed by atoms with Crippen LogP contribution >= 0.6 is 11.6 Å². The summed E-state index contributed by atoms with van der Waals surface area (Å²) in [6.07, 6.45) is 7.54. The largest absolute Gasteiger partial charge is 0.459 e. The zero-order valence-electron chi connectivity index (χ0n) is 19.7. The van der Waals surface area contributed by atoms with Crippen LogP contribution in [0.15, 0.2) is 77.5 Å². The normalized spacial score (nSPS) is 14.0. The van der Waals surface area contributed by atoms with E-state index in [0.717, 1.165) is 22.1 Å². The fourth-order valence-electron chi connectivity index (χ4n) is 4.20. The van der Waals surface area contributed by atoms with Crippen molar-refractivity contribution in [1.29, 1.82) is 0 Å². The summed E-state index contributed by atoms with van der Waals surface area (Å²) >= 11 is 6.54. The second-order valence-corrected chi connectivity index (χ2v) is 9.06. The average molecular weight is 501 g/mol. The molecule has 3 heterocycles. The van der Waals surface area contributed by atoms with Crippen molar-refractivity contribution in [1.82, 2.24) is 9.88 Å². The molecular weight excluding hydrogens is 476 g/mol. The molecule has 1 saturated heterocycles. The molecule has 0 aliphatic carbocycles. The van der Waals surface area contributed by atoms with Crippen LogP contribution in [0.1, 0.15) is 28.1 Å². The average Bonchev–Trinajstić information content (AvgIpc) is 3.35. The van der Waals surface area contributed by atoms with Crippen LogP contribution in [-0.4, -0.2) is 47.9 Å². The van der Waals surface area contributed by atoms with Crippen molar-refractivity contribution in [3.8, 4) is 11.1 Å². The van der Waals surface area contributed by atoms with Gasteiger partial charge in [0.15, 0.2) is 11.4 Å². The molecule has 6 nitrogen and oxygen atoms in total. The number of pyridine rings is 1. The van der Waals surface area contributed by atoms with Crippen LogP contribution in [-0.2, 0) is 16.0 Å². The predicted molar refractivity (Wildman–Crippen MR) is 140 cm³/mol. The Labute approximate surface area is 214 Å². The Morgan fingerprint density at radius 3 is 2.58 bits per heavy atom. The van der Waals surface area contributed by atoms with Gasteiger partial charge >= 0.3 is 0 Å². The van der Waals surface area contributed by atoms with Gasteiger partial charge in [0.05, 0.1) is 18.2 Å². The first-order valence-electron chi connectivity index (χ1n) is 11.9. The van der Waals surface area contributed by atoms with Gasteiger partial charge in [-0.25, -0.2) is 0 Å². The molecule has 0 saturated carbocycles. The zero-order chi connectivity index (χ0) is 24.9. The number of rotatable bonds is 7. The number of allylic oxidation sites excluding steroid dienone is 1. The van der Waals surface area contributed by atoms with E-state index in [2.05, 4.69) is 4.98 Å².